The SMILES string of the molecule is CC1(COc2cc(Br)ccc2C#N)CO1. The number of halogens is 1. The largest absolute Gasteiger partial charge is 0.489 e. The molecule has 1 heterocycles. The van der Waals surface area contributed by atoms with E-state index >= 15 is 0 Å². The van der Waals surface area contributed by atoms with Crippen LogP contribution < -0.4 is 4.74 Å². The van der Waals surface area contributed by atoms with E-state index in [1.807, 2.05) is 13.0 Å². The highest BCUT2D eigenvalue weighted by Gasteiger charge is 2.40. The molecule has 0 aromatic heterocycles. The first-order valence-corrected chi connectivity index (χ1v) is 5.39. The lowest BCUT2D eigenvalue weighted by molar-refractivity contribution is 0.202. The molecule has 1 aliphatic rings. The van der Waals surface area contributed by atoms with E-state index in [2.05, 4.69) is 22.0 Å². The lowest BCUT2D eigenvalue weighted by atomic mass is 10.2. The predicted octanol–water partition coefficient (Wildman–Crippen LogP) is 2.49. The van der Waals surface area contributed by atoms with E-state index in [4.69, 9.17) is 14.7 Å². The van der Waals surface area contributed by atoms with Crippen molar-refractivity contribution in [2.24, 2.45) is 0 Å². The van der Waals surface area contributed by atoms with Gasteiger partial charge in [-0.05, 0) is 25.1 Å². The number of rotatable bonds is 3. The van der Waals surface area contributed by atoms with Crippen LogP contribution in [0.1, 0.15) is 12.5 Å². The summed E-state index contributed by atoms with van der Waals surface area (Å²) in [5.41, 5.74) is 0.386. The maximum Gasteiger partial charge on any atom is 0.138 e. The third kappa shape index (κ3) is 2.49. The third-order valence-corrected chi connectivity index (χ3v) is 2.73. The summed E-state index contributed by atoms with van der Waals surface area (Å²) in [6.45, 7) is 3.19. The Labute approximate surface area is 96.7 Å². The fraction of sp³-hybridized carbons (Fsp3) is 0.364. The van der Waals surface area contributed by atoms with Gasteiger partial charge in [-0.1, -0.05) is 15.9 Å². The van der Waals surface area contributed by atoms with E-state index in [9.17, 15) is 0 Å². The third-order valence-electron chi connectivity index (χ3n) is 2.23. The smallest absolute Gasteiger partial charge is 0.138 e. The van der Waals surface area contributed by atoms with E-state index in [1.54, 1.807) is 12.1 Å². The molecule has 78 valence electrons. The number of hydrogen-bond donors (Lipinski definition) is 0. The first-order chi connectivity index (χ1) is 7.13. The molecule has 0 aliphatic carbocycles. The second kappa shape index (κ2) is 3.84. The van der Waals surface area contributed by atoms with E-state index in [1.165, 1.54) is 0 Å². The quantitative estimate of drug-likeness (QED) is 0.791. The van der Waals surface area contributed by atoms with Gasteiger partial charge in [-0.2, -0.15) is 5.26 Å². The molecule has 0 spiro atoms. The van der Waals surface area contributed by atoms with Gasteiger partial charge in [-0.25, -0.2) is 0 Å². The first kappa shape index (κ1) is 10.5. The van der Waals surface area contributed by atoms with E-state index in [0.29, 0.717) is 17.9 Å². The van der Waals surface area contributed by atoms with Gasteiger partial charge in [0.2, 0.25) is 0 Å². The maximum absolute atomic E-state index is 8.88. The van der Waals surface area contributed by atoms with Gasteiger partial charge in [0.25, 0.3) is 0 Å². The van der Waals surface area contributed by atoms with Crippen LogP contribution in [0.2, 0.25) is 0 Å². The van der Waals surface area contributed by atoms with Crippen LogP contribution in [-0.2, 0) is 4.74 Å². The van der Waals surface area contributed by atoms with Crippen molar-refractivity contribution >= 4 is 15.9 Å². The average Bonchev–Trinajstić information content (AvgIpc) is 2.95. The molecule has 3 nitrogen and oxygen atoms in total. The van der Waals surface area contributed by atoms with Gasteiger partial charge in [-0.3, -0.25) is 0 Å². The lowest BCUT2D eigenvalue weighted by Crippen LogP contribution is -2.17. The first-order valence-electron chi connectivity index (χ1n) is 4.59. The van der Waals surface area contributed by atoms with Crippen LogP contribution >= 0.6 is 15.9 Å². The van der Waals surface area contributed by atoms with Crippen LogP contribution in [0.4, 0.5) is 0 Å². The van der Waals surface area contributed by atoms with Crippen molar-refractivity contribution in [3.63, 3.8) is 0 Å². The Hall–Kier alpha value is -1.05. The fourth-order valence-corrected chi connectivity index (χ4v) is 1.48. The minimum Gasteiger partial charge on any atom is -0.489 e. The number of ether oxygens (including phenoxy) is 2. The van der Waals surface area contributed by atoms with Crippen LogP contribution in [0, 0.1) is 11.3 Å². The van der Waals surface area contributed by atoms with Crippen molar-refractivity contribution in [3.8, 4) is 11.8 Å². The summed E-state index contributed by atoms with van der Waals surface area (Å²) in [6, 6.07) is 7.44. The number of hydrogen-bond acceptors (Lipinski definition) is 3. The molecule has 1 aromatic rings. The van der Waals surface area contributed by atoms with Crippen LogP contribution in [0.3, 0.4) is 0 Å². The average molecular weight is 268 g/mol. The van der Waals surface area contributed by atoms with Crippen molar-refractivity contribution in [2.75, 3.05) is 13.2 Å². The van der Waals surface area contributed by atoms with Crippen LogP contribution in [-0.4, -0.2) is 18.8 Å². The second-order valence-corrected chi connectivity index (χ2v) is 4.70. The molecular formula is C11H10BrNO2. The Bertz CT molecular complexity index is 421. The van der Waals surface area contributed by atoms with Gasteiger partial charge in [-0.15, -0.1) is 0 Å². The molecular weight excluding hydrogens is 258 g/mol. The standard InChI is InChI=1S/C11H10BrNO2/c1-11(7-15-11)6-14-10-4-9(12)3-2-8(10)5-13/h2-4H,6-7H2,1H3. The van der Waals surface area contributed by atoms with Gasteiger partial charge >= 0.3 is 0 Å². The molecule has 0 saturated carbocycles. The molecule has 4 heteroatoms. The zero-order valence-corrected chi connectivity index (χ0v) is 9.87. The zero-order chi connectivity index (χ0) is 10.9. The highest BCUT2D eigenvalue weighted by Crippen LogP contribution is 2.29. The molecule has 0 amide bonds. The van der Waals surface area contributed by atoms with Crippen LogP contribution in [0.15, 0.2) is 22.7 Å². The Morgan fingerprint density at radius 1 is 1.67 bits per heavy atom. The highest BCUT2D eigenvalue weighted by atomic mass is 79.9. The van der Waals surface area contributed by atoms with E-state index < -0.39 is 0 Å². The summed E-state index contributed by atoms with van der Waals surface area (Å²) in [7, 11) is 0. The Morgan fingerprint density at radius 3 is 3.00 bits per heavy atom. The normalized spacial score (nSPS) is 23.3. The summed E-state index contributed by atoms with van der Waals surface area (Å²) < 4.78 is 11.7. The summed E-state index contributed by atoms with van der Waals surface area (Å²) >= 11 is 3.34. The Morgan fingerprint density at radius 2 is 2.40 bits per heavy atom. The van der Waals surface area contributed by atoms with Crippen molar-refractivity contribution in [1.29, 1.82) is 5.26 Å². The number of epoxide rings is 1. The predicted molar refractivity (Wildman–Crippen MR) is 58.7 cm³/mol. The van der Waals surface area contributed by atoms with Gasteiger partial charge in [0, 0.05) is 4.47 Å². The molecule has 1 saturated heterocycles. The van der Waals surface area contributed by atoms with Gasteiger partial charge < -0.3 is 9.47 Å². The maximum atomic E-state index is 8.88. The highest BCUT2D eigenvalue weighted by molar-refractivity contribution is 9.10. The van der Waals surface area contributed by atoms with Crippen molar-refractivity contribution < 1.29 is 9.47 Å². The van der Waals surface area contributed by atoms with E-state index in [-0.39, 0.29) is 5.60 Å². The molecule has 1 fully saturated rings. The van der Waals surface area contributed by atoms with Crippen molar-refractivity contribution in [3.05, 3.63) is 28.2 Å². The minimum atomic E-state index is -0.158. The topological polar surface area (TPSA) is 45.5 Å². The molecule has 1 aromatic carbocycles. The van der Waals surface area contributed by atoms with Gasteiger partial charge in [0.05, 0.1) is 12.2 Å². The Balaban J connectivity index is 2.12. The molecule has 2 rings (SSSR count). The summed E-state index contributed by atoms with van der Waals surface area (Å²) in [5, 5.41) is 8.88. The van der Waals surface area contributed by atoms with Crippen molar-refractivity contribution in [2.45, 2.75) is 12.5 Å². The summed E-state index contributed by atoms with van der Waals surface area (Å²) in [4.78, 5) is 0. The Kier molecular flexibility index (Phi) is 2.68. The molecule has 0 radical (unpaired) electrons. The molecule has 15 heavy (non-hydrogen) atoms. The van der Waals surface area contributed by atoms with Crippen LogP contribution in [0.5, 0.6) is 5.75 Å². The number of benzene rings is 1. The second-order valence-electron chi connectivity index (χ2n) is 3.78. The number of nitriles is 1. The van der Waals surface area contributed by atoms with Gasteiger partial charge in [0.1, 0.15) is 24.0 Å². The monoisotopic (exact) mass is 267 g/mol. The number of nitrogens with zero attached hydrogens (tertiary/aromatic N) is 1. The molecule has 0 bridgehead atoms. The fourth-order valence-electron chi connectivity index (χ4n) is 1.14. The van der Waals surface area contributed by atoms with E-state index in [0.717, 1.165) is 11.1 Å². The summed E-state index contributed by atoms with van der Waals surface area (Å²) in [6.07, 6.45) is 0. The molecule has 0 N–H and O–H groups in total. The van der Waals surface area contributed by atoms with Crippen LogP contribution in [0.25, 0.3) is 0 Å². The minimum absolute atomic E-state index is 0.158. The lowest BCUT2D eigenvalue weighted by Gasteiger charge is -2.10. The zero-order valence-electron chi connectivity index (χ0n) is 8.29. The molecule has 1 aliphatic heterocycles. The molecule has 1 unspecified atom stereocenters. The van der Waals surface area contributed by atoms with Gasteiger partial charge in [0.15, 0.2) is 0 Å². The van der Waals surface area contributed by atoms with Crippen molar-refractivity contribution in [1.82, 2.24) is 0 Å². The summed E-state index contributed by atoms with van der Waals surface area (Å²) in [5.74, 6) is 0.601. The molecule has 1 atom stereocenters.